The van der Waals surface area contributed by atoms with Gasteiger partial charge in [0, 0.05) is 12.1 Å². The van der Waals surface area contributed by atoms with Gasteiger partial charge in [-0.05, 0) is 17.5 Å². The number of fused-ring (bicyclic) bond motifs is 1. The SMILES string of the molecule is O=C(CN1C(=O)COc2ccc([N+](=O)[O-])cc21)N1CC[NH+](Cc2cccs2)CC1. The van der Waals surface area contributed by atoms with Crippen molar-refractivity contribution in [1.29, 1.82) is 0 Å². The van der Waals surface area contributed by atoms with Crippen LogP contribution in [0.15, 0.2) is 35.7 Å². The standard InChI is InChI=1S/C19H20N4O5S/c24-18(21-7-5-20(6-8-21)11-15-2-1-9-29-15)12-22-16-10-14(23(26)27)3-4-17(16)28-13-19(22)25/h1-4,9-10H,5-8,11-13H2/p+1. The summed E-state index contributed by atoms with van der Waals surface area (Å²) in [6.45, 7) is 3.58. The number of nitro groups is 1. The molecule has 2 aliphatic heterocycles. The molecule has 2 aliphatic rings. The number of carbonyl (C=O) groups is 2. The molecule has 1 fully saturated rings. The van der Waals surface area contributed by atoms with E-state index in [0.717, 1.165) is 19.6 Å². The fraction of sp³-hybridized carbons (Fsp3) is 0.368. The van der Waals surface area contributed by atoms with E-state index in [0.29, 0.717) is 18.8 Å². The number of hydrogen-bond acceptors (Lipinski definition) is 6. The van der Waals surface area contributed by atoms with Gasteiger partial charge in [0.05, 0.1) is 41.7 Å². The van der Waals surface area contributed by atoms with Crippen molar-refractivity contribution in [3.8, 4) is 5.75 Å². The molecule has 0 unspecified atom stereocenters. The van der Waals surface area contributed by atoms with Gasteiger partial charge in [-0.25, -0.2) is 0 Å². The fourth-order valence-electron chi connectivity index (χ4n) is 3.62. The molecule has 10 heteroatoms. The van der Waals surface area contributed by atoms with Gasteiger partial charge in [-0.1, -0.05) is 6.07 Å². The molecule has 1 N–H and O–H groups in total. The molecule has 0 atom stereocenters. The van der Waals surface area contributed by atoms with Gasteiger partial charge in [0.1, 0.15) is 18.8 Å². The van der Waals surface area contributed by atoms with Gasteiger partial charge in [-0.15, -0.1) is 11.3 Å². The van der Waals surface area contributed by atoms with Crippen LogP contribution in [0.2, 0.25) is 0 Å². The zero-order valence-corrected chi connectivity index (χ0v) is 16.5. The van der Waals surface area contributed by atoms with E-state index in [9.17, 15) is 19.7 Å². The topological polar surface area (TPSA) is 97.4 Å². The predicted molar refractivity (Wildman–Crippen MR) is 106 cm³/mol. The number of piperazine rings is 1. The summed E-state index contributed by atoms with van der Waals surface area (Å²) >= 11 is 1.74. The number of benzene rings is 1. The van der Waals surface area contributed by atoms with E-state index in [1.807, 2.05) is 6.07 Å². The van der Waals surface area contributed by atoms with Crippen LogP contribution in [0.4, 0.5) is 11.4 Å². The fourth-order valence-corrected chi connectivity index (χ4v) is 4.40. The first-order valence-corrected chi connectivity index (χ1v) is 10.2. The number of carbonyl (C=O) groups excluding carboxylic acids is 2. The Kier molecular flexibility index (Phi) is 5.45. The molecule has 1 aromatic carbocycles. The minimum atomic E-state index is -0.533. The molecule has 2 amide bonds. The number of amides is 2. The first-order valence-electron chi connectivity index (χ1n) is 9.36. The summed E-state index contributed by atoms with van der Waals surface area (Å²) in [5.41, 5.74) is 0.121. The molecule has 4 rings (SSSR count). The Morgan fingerprint density at radius 2 is 2.07 bits per heavy atom. The van der Waals surface area contributed by atoms with Gasteiger partial charge >= 0.3 is 0 Å². The maximum absolute atomic E-state index is 12.8. The van der Waals surface area contributed by atoms with Crippen LogP contribution in [-0.4, -0.2) is 61.0 Å². The highest BCUT2D eigenvalue weighted by molar-refractivity contribution is 7.09. The molecule has 2 aromatic rings. The van der Waals surface area contributed by atoms with Crippen LogP contribution in [0.3, 0.4) is 0 Å². The quantitative estimate of drug-likeness (QED) is 0.558. The number of thiophene rings is 1. The highest BCUT2D eigenvalue weighted by Gasteiger charge is 2.32. The third-order valence-corrected chi connectivity index (χ3v) is 6.09. The van der Waals surface area contributed by atoms with Gasteiger partial charge in [0.2, 0.25) is 5.91 Å². The van der Waals surface area contributed by atoms with Crippen molar-refractivity contribution in [3.05, 3.63) is 50.7 Å². The van der Waals surface area contributed by atoms with Crippen LogP contribution in [0, 0.1) is 10.1 Å². The van der Waals surface area contributed by atoms with Crippen molar-refractivity contribution in [3.63, 3.8) is 0 Å². The van der Waals surface area contributed by atoms with Crippen molar-refractivity contribution in [2.45, 2.75) is 6.54 Å². The molecule has 0 saturated carbocycles. The summed E-state index contributed by atoms with van der Waals surface area (Å²) in [4.78, 5) is 41.5. The van der Waals surface area contributed by atoms with Crippen molar-refractivity contribution in [1.82, 2.24) is 4.90 Å². The summed E-state index contributed by atoms with van der Waals surface area (Å²) in [6, 6.07) is 8.23. The molecule has 9 nitrogen and oxygen atoms in total. The van der Waals surface area contributed by atoms with Gasteiger partial charge < -0.3 is 14.5 Å². The monoisotopic (exact) mass is 417 g/mol. The van der Waals surface area contributed by atoms with Crippen LogP contribution in [0.25, 0.3) is 0 Å². The molecule has 0 radical (unpaired) electrons. The van der Waals surface area contributed by atoms with Crippen LogP contribution < -0.4 is 14.5 Å². The van der Waals surface area contributed by atoms with Crippen LogP contribution >= 0.6 is 11.3 Å². The number of nitro benzene ring substituents is 1. The van der Waals surface area contributed by atoms with E-state index < -0.39 is 4.92 Å². The average molecular weight is 417 g/mol. The van der Waals surface area contributed by atoms with Crippen molar-refractivity contribution in [2.24, 2.45) is 0 Å². The molecule has 1 aromatic heterocycles. The minimum Gasteiger partial charge on any atom is -0.482 e. The lowest BCUT2D eigenvalue weighted by Crippen LogP contribution is -3.13. The predicted octanol–water partition coefficient (Wildman–Crippen LogP) is 0.309. The first kappa shape index (κ1) is 19.3. The lowest BCUT2D eigenvalue weighted by atomic mass is 10.2. The first-order chi connectivity index (χ1) is 14.0. The Morgan fingerprint density at radius 3 is 2.76 bits per heavy atom. The zero-order chi connectivity index (χ0) is 20.4. The Bertz CT molecular complexity index is 925. The van der Waals surface area contributed by atoms with Gasteiger partial charge in [-0.2, -0.15) is 0 Å². The third-order valence-electron chi connectivity index (χ3n) is 5.22. The summed E-state index contributed by atoms with van der Waals surface area (Å²) < 4.78 is 5.35. The summed E-state index contributed by atoms with van der Waals surface area (Å²) in [7, 11) is 0. The number of quaternary nitrogens is 1. The summed E-state index contributed by atoms with van der Waals surface area (Å²) in [5, 5.41) is 13.1. The molecule has 0 spiro atoms. The third kappa shape index (κ3) is 4.22. The van der Waals surface area contributed by atoms with E-state index in [1.54, 1.807) is 16.2 Å². The molecular formula is C19H21N4O5S+. The van der Waals surface area contributed by atoms with Crippen molar-refractivity contribution < 1.29 is 24.1 Å². The van der Waals surface area contributed by atoms with Crippen molar-refractivity contribution in [2.75, 3.05) is 44.2 Å². The van der Waals surface area contributed by atoms with E-state index in [1.165, 1.54) is 32.9 Å². The largest absolute Gasteiger partial charge is 0.482 e. The van der Waals surface area contributed by atoms with E-state index >= 15 is 0 Å². The molecule has 0 aliphatic carbocycles. The second-order valence-corrected chi connectivity index (χ2v) is 8.10. The zero-order valence-electron chi connectivity index (χ0n) is 15.7. The Morgan fingerprint density at radius 1 is 1.28 bits per heavy atom. The van der Waals surface area contributed by atoms with E-state index in [4.69, 9.17) is 4.74 Å². The molecule has 29 heavy (non-hydrogen) atoms. The molecule has 1 saturated heterocycles. The van der Waals surface area contributed by atoms with Crippen LogP contribution in [-0.2, 0) is 16.1 Å². The maximum atomic E-state index is 12.8. The smallest absolute Gasteiger partial charge is 0.271 e. The molecule has 152 valence electrons. The van der Waals surface area contributed by atoms with Crippen LogP contribution in [0.5, 0.6) is 5.75 Å². The van der Waals surface area contributed by atoms with E-state index in [2.05, 4.69) is 11.4 Å². The lowest BCUT2D eigenvalue weighted by molar-refractivity contribution is -0.917. The Balaban J connectivity index is 1.40. The highest BCUT2D eigenvalue weighted by Crippen LogP contribution is 2.35. The molecule has 3 heterocycles. The number of hydrogen-bond donors (Lipinski definition) is 1. The number of nitrogens with one attached hydrogen (secondary N) is 1. The average Bonchev–Trinajstić information content (AvgIpc) is 3.23. The minimum absolute atomic E-state index is 0.142. The van der Waals surface area contributed by atoms with Gasteiger partial charge in [-0.3, -0.25) is 24.6 Å². The number of ether oxygens (including phenoxy) is 1. The number of nitrogens with zero attached hydrogens (tertiary/aromatic N) is 3. The normalized spacial score (nSPS) is 17.0. The van der Waals surface area contributed by atoms with Gasteiger partial charge in [0.15, 0.2) is 6.61 Å². The van der Waals surface area contributed by atoms with Crippen LogP contribution in [0.1, 0.15) is 4.88 Å². The summed E-state index contributed by atoms with van der Waals surface area (Å²) in [6.07, 6.45) is 0. The van der Waals surface area contributed by atoms with Gasteiger partial charge in [0.25, 0.3) is 11.6 Å². The summed E-state index contributed by atoms with van der Waals surface area (Å²) in [5.74, 6) is -0.172. The molecule has 0 bridgehead atoms. The number of non-ortho nitro benzene ring substituents is 1. The lowest BCUT2D eigenvalue weighted by Gasteiger charge is -2.34. The van der Waals surface area contributed by atoms with E-state index in [-0.39, 0.29) is 36.3 Å². The Hall–Kier alpha value is -2.98. The van der Waals surface area contributed by atoms with Crippen molar-refractivity contribution >= 4 is 34.5 Å². The Labute approximate surface area is 171 Å². The molecular weight excluding hydrogens is 396 g/mol. The number of anilines is 1. The second kappa shape index (κ2) is 8.18. The highest BCUT2D eigenvalue weighted by atomic mass is 32.1. The number of rotatable bonds is 5. The second-order valence-electron chi connectivity index (χ2n) is 7.06. The maximum Gasteiger partial charge on any atom is 0.271 e.